The molecule has 1 saturated heterocycles. The molecule has 0 radical (unpaired) electrons. The fourth-order valence-corrected chi connectivity index (χ4v) is 2.39. The van der Waals surface area contributed by atoms with Gasteiger partial charge in [-0.25, -0.2) is 0 Å². The number of fused-ring (bicyclic) bond motifs is 1. The minimum Gasteiger partial charge on any atom is -0.476 e. The van der Waals surface area contributed by atoms with E-state index < -0.39 is 0 Å². The molecule has 1 unspecified atom stereocenters. The standard InChI is InChI=1S/C14H17N3O/c1-2-4-13-12(3-1)10-16-17-14(13)18-8-6-11-5-7-15-9-11/h1-4,10-11,15H,5-9H2. The van der Waals surface area contributed by atoms with Crippen molar-refractivity contribution >= 4 is 10.8 Å². The third kappa shape index (κ3) is 2.43. The summed E-state index contributed by atoms with van der Waals surface area (Å²) in [6.45, 7) is 2.97. The van der Waals surface area contributed by atoms with Crippen LogP contribution >= 0.6 is 0 Å². The SMILES string of the molecule is c1ccc2c(OCCC3CCNC3)nncc2c1. The highest BCUT2D eigenvalue weighted by molar-refractivity contribution is 5.85. The zero-order chi connectivity index (χ0) is 12.2. The molecule has 4 heteroatoms. The third-order valence-electron chi connectivity index (χ3n) is 3.46. The number of aromatic nitrogens is 2. The van der Waals surface area contributed by atoms with Crippen LogP contribution in [0.2, 0.25) is 0 Å². The molecular weight excluding hydrogens is 226 g/mol. The molecule has 2 heterocycles. The summed E-state index contributed by atoms with van der Waals surface area (Å²) in [7, 11) is 0. The lowest BCUT2D eigenvalue weighted by molar-refractivity contribution is 0.274. The summed E-state index contributed by atoms with van der Waals surface area (Å²) in [5, 5.41) is 13.5. The van der Waals surface area contributed by atoms with E-state index in [4.69, 9.17) is 4.74 Å². The molecular formula is C14H17N3O. The van der Waals surface area contributed by atoms with Crippen LogP contribution in [0.4, 0.5) is 0 Å². The molecule has 0 saturated carbocycles. The van der Waals surface area contributed by atoms with Crippen LogP contribution in [0.15, 0.2) is 30.5 Å². The van der Waals surface area contributed by atoms with Crippen molar-refractivity contribution in [1.82, 2.24) is 15.5 Å². The van der Waals surface area contributed by atoms with Gasteiger partial charge in [-0.2, -0.15) is 5.10 Å². The van der Waals surface area contributed by atoms with Crippen LogP contribution in [0, 0.1) is 5.92 Å². The van der Waals surface area contributed by atoms with Crippen LogP contribution in [0.3, 0.4) is 0 Å². The highest BCUT2D eigenvalue weighted by Crippen LogP contribution is 2.22. The summed E-state index contributed by atoms with van der Waals surface area (Å²) in [6.07, 6.45) is 4.10. The van der Waals surface area contributed by atoms with E-state index in [1.807, 2.05) is 24.3 Å². The molecule has 2 aromatic rings. The summed E-state index contributed by atoms with van der Waals surface area (Å²) >= 11 is 0. The quantitative estimate of drug-likeness (QED) is 0.892. The van der Waals surface area contributed by atoms with E-state index in [9.17, 15) is 0 Å². The van der Waals surface area contributed by atoms with Gasteiger partial charge in [0.1, 0.15) is 0 Å². The van der Waals surface area contributed by atoms with E-state index in [-0.39, 0.29) is 0 Å². The summed E-state index contributed by atoms with van der Waals surface area (Å²) in [4.78, 5) is 0. The van der Waals surface area contributed by atoms with Crippen molar-refractivity contribution in [2.45, 2.75) is 12.8 Å². The first-order chi connectivity index (χ1) is 8.93. The van der Waals surface area contributed by atoms with E-state index in [1.165, 1.54) is 6.42 Å². The minimum absolute atomic E-state index is 0.652. The lowest BCUT2D eigenvalue weighted by Crippen LogP contribution is -2.12. The number of nitrogens with zero attached hydrogens (tertiary/aromatic N) is 2. The third-order valence-corrected chi connectivity index (χ3v) is 3.46. The van der Waals surface area contributed by atoms with Crippen molar-refractivity contribution in [3.63, 3.8) is 0 Å². The maximum absolute atomic E-state index is 5.78. The van der Waals surface area contributed by atoms with Crippen LogP contribution in [0.1, 0.15) is 12.8 Å². The van der Waals surface area contributed by atoms with Crippen molar-refractivity contribution in [2.24, 2.45) is 5.92 Å². The summed E-state index contributed by atoms with van der Waals surface area (Å²) in [6, 6.07) is 8.05. The van der Waals surface area contributed by atoms with Gasteiger partial charge in [-0.05, 0) is 37.9 Å². The topological polar surface area (TPSA) is 47.0 Å². The first kappa shape index (κ1) is 11.4. The van der Waals surface area contributed by atoms with Crippen molar-refractivity contribution in [2.75, 3.05) is 19.7 Å². The first-order valence-electron chi connectivity index (χ1n) is 6.47. The zero-order valence-corrected chi connectivity index (χ0v) is 10.3. The molecule has 1 fully saturated rings. The number of benzene rings is 1. The molecule has 1 aromatic carbocycles. The van der Waals surface area contributed by atoms with Gasteiger partial charge in [0.15, 0.2) is 0 Å². The molecule has 0 amide bonds. The minimum atomic E-state index is 0.652. The zero-order valence-electron chi connectivity index (χ0n) is 10.3. The van der Waals surface area contributed by atoms with Crippen LogP contribution < -0.4 is 10.1 Å². The lowest BCUT2D eigenvalue weighted by Gasteiger charge is -2.10. The Morgan fingerprint density at radius 3 is 3.17 bits per heavy atom. The molecule has 3 rings (SSSR count). The maximum Gasteiger partial charge on any atom is 0.241 e. The van der Waals surface area contributed by atoms with Crippen LogP contribution in [0.25, 0.3) is 10.8 Å². The van der Waals surface area contributed by atoms with Crippen molar-refractivity contribution < 1.29 is 4.74 Å². The Balaban J connectivity index is 1.66. The Bertz CT molecular complexity index is 518. The second kappa shape index (κ2) is 5.31. The van der Waals surface area contributed by atoms with Gasteiger partial charge in [-0.3, -0.25) is 0 Å². The van der Waals surface area contributed by atoms with Crippen molar-refractivity contribution in [3.05, 3.63) is 30.5 Å². The first-order valence-corrected chi connectivity index (χ1v) is 6.47. The smallest absolute Gasteiger partial charge is 0.241 e. The highest BCUT2D eigenvalue weighted by Gasteiger charge is 2.14. The number of hydrogen-bond donors (Lipinski definition) is 1. The fourth-order valence-electron chi connectivity index (χ4n) is 2.39. The molecule has 0 bridgehead atoms. The molecule has 0 aliphatic carbocycles. The van der Waals surface area contributed by atoms with Gasteiger partial charge < -0.3 is 10.1 Å². The van der Waals surface area contributed by atoms with Gasteiger partial charge >= 0.3 is 0 Å². The van der Waals surface area contributed by atoms with E-state index in [0.717, 1.165) is 42.8 Å². The maximum atomic E-state index is 5.78. The van der Waals surface area contributed by atoms with Crippen molar-refractivity contribution in [1.29, 1.82) is 0 Å². The number of nitrogens with one attached hydrogen (secondary N) is 1. The molecule has 1 aliphatic heterocycles. The van der Waals surface area contributed by atoms with Gasteiger partial charge in [0.25, 0.3) is 0 Å². The fraction of sp³-hybridized carbons (Fsp3) is 0.429. The normalized spacial score (nSPS) is 19.2. The molecule has 1 aromatic heterocycles. The number of rotatable bonds is 4. The van der Waals surface area contributed by atoms with E-state index in [2.05, 4.69) is 15.5 Å². The van der Waals surface area contributed by atoms with Gasteiger partial charge in [0.05, 0.1) is 12.8 Å². The monoisotopic (exact) mass is 243 g/mol. The van der Waals surface area contributed by atoms with Gasteiger partial charge in [-0.15, -0.1) is 5.10 Å². The molecule has 1 N–H and O–H groups in total. The molecule has 94 valence electrons. The Hall–Kier alpha value is -1.68. The number of hydrogen-bond acceptors (Lipinski definition) is 4. The predicted molar refractivity (Wildman–Crippen MR) is 70.6 cm³/mol. The Kier molecular flexibility index (Phi) is 3.37. The second-order valence-corrected chi connectivity index (χ2v) is 4.73. The predicted octanol–water partition coefficient (Wildman–Crippen LogP) is 2.01. The molecule has 0 spiro atoms. The highest BCUT2D eigenvalue weighted by atomic mass is 16.5. The Morgan fingerprint density at radius 2 is 2.28 bits per heavy atom. The largest absolute Gasteiger partial charge is 0.476 e. The average Bonchev–Trinajstić information content (AvgIpc) is 2.92. The molecule has 1 atom stereocenters. The van der Waals surface area contributed by atoms with Gasteiger partial charge in [0.2, 0.25) is 5.88 Å². The summed E-state index contributed by atoms with van der Waals surface area (Å²) in [5.74, 6) is 1.40. The van der Waals surface area contributed by atoms with Crippen molar-refractivity contribution in [3.8, 4) is 5.88 Å². The van der Waals surface area contributed by atoms with Crippen LogP contribution in [-0.2, 0) is 0 Å². The van der Waals surface area contributed by atoms with E-state index in [0.29, 0.717) is 5.88 Å². The van der Waals surface area contributed by atoms with E-state index >= 15 is 0 Å². The summed E-state index contributed by atoms with van der Waals surface area (Å²) in [5.41, 5.74) is 0. The van der Waals surface area contributed by atoms with Gasteiger partial charge in [0, 0.05) is 10.8 Å². The van der Waals surface area contributed by atoms with Gasteiger partial charge in [-0.1, -0.05) is 18.2 Å². The molecule has 4 nitrogen and oxygen atoms in total. The Morgan fingerprint density at radius 1 is 1.33 bits per heavy atom. The summed E-state index contributed by atoms with van der Waals surface area (Å²) < 4.78 is 5.78. The molecule has 18 heavy (non-hydrogen) atoms. The van der Waals surface area contributed by atoms with Crippen LogP contribution in [0.5, 0.6) is 5.88 Å². The Labute approximate surface area is 106 Å². The lowest BCUT2D eigenvalue weighted by atomic mass is 10.1. The number of ether oxygens (including phenoxy) is 1. The second-order valence-electron chi connectivity index (χ2n) is 4.73. The van der Waals surface area contributed by atoms with E-state index in [1.54, 1.807) is 6.20 Å². The van der Waals surface area contributed by atoms with Crippen LogP contribution in [-0.4, -0.2) is 29.9 Å². The average molecular weight is 243 g/mol. The molecule has 1 aliphatic rings.